The third-order valence-corrected chi connectivity index (χ3v) is 2.61. The van der Waals surface area contributed by atoms with E-state index in [2.05, 4.69) is 4.74 Å². The largest absolute Gasteiger partial charge is 0.804 e. The minimum absolute atomic E-state index is 0.0859. The Labute approximate surface area is 101 Å². The molecule has 0 amide bonds. The second kappa shape index (κ2) is 4.10. The summed E-state index contributed by atoms with van der Waals surface area (Å²) in [7, 11) is 1.19. The number of benzene rings is 1. The van der Waals surface area contributed by atoms with Gasteiger partial charge in [-0.05, 0) is 24.3 Å². The molecule has 1 aromatic heterocycles. The fourth-order valence-electron chi connectivity index (χ4n) is 1.55. The number of ether oxygens (including phenoxy) is 1. The van der Waals surface area contributed by atoms with Crippen LogP contribution in [-0.4, -0.2) is 17.8 Å². The Hall–Kier alpha value is -2.01. The Morgan fingerprint density at radius 1 is 1.47 bits per heavy atom. The monoisotopic (exact) mass is 251 g/mol. The van der Waals surface area contributed by atoms with Crippen LogP contribution < -0.4 is 5.49 Å². The summed E-state index contributed by atoms with van der Waals surface area (Å²) < 4.78 is 4.88. The molecule has 0 unspecified atom stereocenters. The van der Waals surface area contributed by atoms with Gasteiger partial charge in [-0.15, -0.1) is 0 Å². The fourth-order valence-corrected chi connectivity index (χ4v) is 1.73. The molecular formula is C11H8ClN2O3-. The smallest absolute Gasteiger partial charge is 0.341 e. The van der Waals surface area contributed by atoms with Crippen molar-refractivity contribution in [2.75, 3.05) is 7.11 Å². The summed E-state index contributed by atoms with van der Waals surface area (Å²) in [5.74, 6) is -0.721. The highest BCUT2D eigenvalue weighted by Crippen LogP contribution is 2.18. The second-order valence-corrected chi connectivity index (χ2v) is 3.83. The maximum atomic E-state index is 11.8. The minimum atomic E-state index is -0.721. The van der Waals surface area contributed by atoms with E-state index in [1.54, 1.807) is 12.1 Å². The maximum absolute atomic E-state index is 11.8. The lowest BCUT2D eigenvalue weighted by Crippen LogP contribution is -2.24. The van der Waals surface area contributed by atoms with Crippen molar-refractivity contribution in [3.05, 3.63) is 45.5 Å². The van der Waals surface area contributed by atoms with Gasteiger partial charge in [-0.3, -0.25) is 5.41 Å². The molecule has 0 fully saturated rings. The second-order valence-electron chi connectivity index (χ2n) is 3.40. The van der Waals surface area contributed by atoms with Crippen molar-refractivity contribution < 1.29 is 9.53 Å². The number of hydrogen-bond donors (Lipinski definition) is 1. The zero-order valence-corrected chi connectivity index (χ0v) is 9.62. The standard InChI is InChI=1S/C11H8ClN2O3/c1-17-11(15)8-5-6-4-7(12)2-3-9(6)14(16)10(8)13/h2-5,13H,1H3/q-1. The number of aromatic nitrogens is 1. The van der Waals surface area contributed by atoms with Gasteiger partial charge in [-0.2, -0.15) is 0 Å². The Balaban J connectivity index is 2.85. The van der Waals surface area contributed by atoms with Crippen LogP contribution in [0.1, 0.15) is 10.4 Å². The van der Waals surface area contributed by atoms with Crippen molar-refractivity contribution >= 4 is 28.5 Å². The third-order valence-electron chi connectivity index (χ3n) is 2.37. The van der Waals surface area contributed by atoms with Gasteiger partial charge in [-0.1, -0.05) is 11.6 Å². The number of hydrogen-bond acceptors (Lipinski definition) is 4. The molecule has 2 rings (SSSR count). The van der Waals surface area contributed by atoms with E-state index in [9.17, 15) is 10.0 Å². The van der Waals surface area contributed by atoms with Crippen molar-refractivity contribution in [3.63, 3.8) is 0 Å². The highest BCUT2D eigenvalue weighted by atomic mass is 35.5. The predicted molar refractivity (Wildman–Crippen MR) is 62.9 cm³/mol. The van der Waals surface area contributed by atoms with E-state index < -0.39 is 11.5 Å². The molecule has 5 nitrogen and oxygen atoms in total. The van der Waals surface area contributed by atoms with Crippen LogP contribution in [0.2, 0.25) is 5.02 Å². The first kappa shape index (κ1) is 11.5. The molecule has 17 heavy (non-hydrogen) atoms. The Bertz CT molecular complexity index is 664. The molecule has 0 atom stereocenters. The quantitative estimate of drug-likeness (QED) is 0.787. The Morgan fingerprint density at radius 3 is 2.82 bits per heavy atom. The molecule has 0 radical (unpaired) electrons. The third kappa shape index (κ3) is 1.85. The lowest BCUT2D eigenvalue weighted by Gasteiger charge is -2.16. The van der Waals surface area contributed by atoms with E-state index in [1.165, 1.54) is 19.2 Å². The van der Waals surface area contributed by atoms with Crippen LogP contribution in [0.15, 0.2) is 24.3 Å². The molecule has 0 saturated heterocycles. The molecule has 0 aliphatic carbocycles. The number of methoxy groups -OCH3 is 1. The average molecular weight is 252 g/mol. The number of nitrogens with one attached hydrogen (secondary N) is 1. The minimum Gasteiger partial charge on any atom is -0.804 e. The number of pyridine rings is 1. The van der Waals surface area contributed by atoms with Crippen LogP contribution in [-0.2, 0) is 4.74 Å². The van der Waals surface area contributed by atoms with Crippen molar-refractivity contribution in [2.24, 2.45) is 0 Å². The average Bonchev–Trinajstić information content (AvgIpc) is 2.32. The van der Waals surface area contributed by atoms with E-state index >= 15 is 0 Å². The van der Waals surface area contributed by atoms with E-state index in [1.807, 2.05) is 0 Å². The number of halogens is 1. The van der Waals surface area contributed by atoms with Gasteiger partial charge in [0, 0.05) is 15.9 Å². The van der Waals surface area contributed by atoms with Gasteiger partial charge in [0.2, 0.25) is 0 Å². The fraction of sp³-hybridized carbons (Fsp3) is 0.0909. The number of nitrogens with zero attached hydrogens (tertiary/aromatic N) is 1. The van der Waals surface area contributed by atoms with E-state index in [0.717, 1.165) is 0 Å². The lowest BCUT2D eigenvalue weighted by molar-refractivity contribution is 0.0598. The molecule has 88 valence electrons. The molecule has 6 heteroatoms. The molecule has 0 aliphatic rings. The number of fused-ring (bicyclic) bond motifs is 1. The first-order valence-corrected chi connectivity index (χ1v) is 5.08. The number of esters is 1. The van der Waals surface area contributed by atoms with Gasteiger partial charge >= 0.3 is 5.97 Å². The van der Waals surface area contributed by atoms with E-state index in [0.29, 0.717) is 15.1 Å². The van der Waals surface area contributed by atoms with Crippen LogP contribution in [0.4, 0.5) is 0 Å². The number of carbonyl (C=O) groups excluding carboxylic acids is 1. The van der Waals surface area contributed by atoms with Crippen LogP contribution >= 0.6 is 11.6 Å². The van der Waals surface area contributed by atoms with Crippen molar-refractivity contribution in [1.29, 1.82) is 5.41 Å². The van der Waals surface area contributed by atoms with Gasteiger partial charge < -0.3 is 14.7 Å². The maximum Gasteiger partial charge on any atom is 0.341 e. The highest BCUT2D eigenvalue weighted by molar-refractivity contribution is 6.31. The Morgan fingerprint density at radius 2 is 2.18 bits per heavy atom. The summed E-state index contributed by atoms with van der Waals surface area (Å²) in [6, 6.07) is 6.03. The molecule has 1 aromatic carbocycles. The van der Waals surface area contributed by atoms with E-state index in [4.69, 9.17) is 17.0 Å². The van der Waals surface area contributed by atoms with Gasteiger partial charge in [0.1, 0.15) is 11.1 Å². The summed E-state index contributed by atoms with van der Waals surface area (Å²) in [4.78, 5) is 11.4. The van der Waals surface area contributed by atoms with Gasteiger partial charge in [0.05, 0.1) is 7.11 Å². The zero-order valence-electron chi connectivity index (χ0n) is 8.86. The first-order valence-electron chi connectivity index (χ1n) is 4.70. The van der Waals surface area contributed by atoms with E-state index in [-0.39, 0.29) is 11.1 Å². The van der Waals surface area contributed by atoms with Crippen molar-refractivity contribution in [3.8, 4) is 0 Å². The number of carbonyl (C=O) groups is 1. The number of rotatable bonds is 1. The molecule has 2 aromatic rings. The SMILES string of the molecule is COC(=O)c1cc2cc(Cl)ccc2n([O-])c1=N. The molecule has 0 saturated carbocycles. The lowest BCUT2D eigenvalue weighted by atomic mass is 10.1. The van der Waals surface area contributed by atoms with Gasteiger partial charge in [-0.25, -0.2) is 4.79 Å². The molecule has 1 N–H and O–H groups in total. The van der Waals surface area contributed by atoms with Crippen LogP contribution in [0.25, 0.3) is 10.9 Å². The first-order chi connectivity index (χ1) is 8.04. The summed E-state index contributed by atoms with van der Waals surface area (Å²) in [6.07, 6.45) is 0. The molecule has 0 spiro atoms. The predicted octanol–water partition coefficient (Wildman–Crippen LogP) is 1.91. The van der Waals surface area contributed by atoms with Crippen LogP contribution in [0.3, 0.4) is 0 Å². The summed E-state index contributed by atoms with van der Waals surface area (Å²) >= 11 is 5.80. The summed E-state index contributed by atoms with van der Waals surface area (Å²) in [5, 5.41) is 20.3. The Kier molecular flexibility index (Phi) is 2.77. The molecule has 1 heterocycles. The topological polar surface area (TPSA) is 78.1 Å². The normalized spacial score (nSPS) is 10.5. The summed E-state index contributed by atoms with van der Waals surface area (Å²) in [6.45, 7) is 0. The van der Waals surface area contributed by atoms with Gasteiger partial charge in [0.15, 0.2) is 0 Å². The van der Waals surface area contributed by atoms with Crippen LogP contribution in [0, 0.1) is 10.6 Å². The summed E-state index contributed by atoms with van der Waals surface area (Å²) in [5.41, 5.74) is -0.240. The molecule has 0 bridgehead atoms. The molecule has 0 aliphatic heterocycles. The van der Waals surface area contributed by atoms with Gasteiger partial charge in [0.25, 0.3) is 0 Å². The highest BCUT2D eigenvalue weighted by Gasteiger charge is 2.10. The van der Waals surface area contributed by atoms with Crippen molar-refractivity contribution in [1.82, 2.24) is 4.73 Å². The zero-order chi connectivity index (χ0) is 12.6. The van der Waals surface area contributed by atoms with Crippen LogP contribution in [0.5, 0.6) is 0 Å². The molecular weight excluding hydrogens is 244 g/mol. The van der Waals surface area contributed by atoms with Crippen molar-refractivity contribution in [2.45, 2.75) is 0 Å².